The van der Waals surface area contributed by atoms with Gasteiger partial charge in [0.2, 0.25) is 0 Å². The van der Waals surface area contributed by atoms with Crippen molar-refractivity contribution < 1.29 is 9.72 Å². The first-order valence-electron chi connectivity index (χ1n) is 10.0. The van der Waals surface area contributed by atoms with Gasteiger partial charge >= 0.3 is 0 Å². The maximum atomic E-state index is 12.5. The van der Waals surface area contributed by atoms with Crippen LogP contribution in [0.1, 0.15) is 22.5 Å². The molecule has 1 aliphatic rings. The normalized spacial score (nSPS) is 15.8. The van der Waals surface area contributed by atoms with Crippen molar-refractivity contribution in [2.24, 2.45) is 5.92 Å². The van der Waals surface area contributed by atoms with E-state index in [0.717, 1.165) is 30.2 Å². The molecule has 0 bridgehead atoms. The third kappa shape index (κ3) is 4.69. The molecule has 2 aromatic carbocycles. The number of carbonyl (C=O) groups is 1. The van der Waals surface area contributed by atoms with Gasteiger partial charge in [0.15, 0.2) is 5.69 Å². The Labute approximate surface area is 184 Å². The Balaban J connectivity index is 1.35. The van der Waals surface area contributed by atoms with Gasteiger partial charge in [0.1, 0.15) is 0 Å². The number of rotatable bonds is 6. The standard InChI is InChI=1S/C22H22ClN5O3/c1-15-5-6-17(23)11-21(15)26-9-7-16(14-26)13-24-22(29)20-8-10-27(25-20)18-3-2-4-19(12-18)28(30)31/h2-6,8,10-12,16H,7,9,13-14H2,1H3,(H,24,29). The number of benzene rings is 2. The van der Waals surface area contributed by atoms with Crippen molar-refractivity contribution in [3.63, 3.8) is 0 Å². The van der Waals surface area contributed by atoms with E-state index in [-0.39, 0.29) is 17.3 Å². The molecule has 1 amide bonds. The zero-order valence-electron chi connectivity index (χ0n) is 17.0. The molecule has 4 rings (SSSR count). The lowest BCUT2D eigenvalue weighted by Crippen LogP contribution is -2.31. The van der Waals surface area contributed by atoms with Crippen LogP contribution in [0.15, 0.2) is 54.7 Å². The van der Waals surface area contributed by atoms with Gasteiger partial charge in [-0.15, -0.1) is 0 Å². The lowest BCUT2D eigenvalue weighted by atomic mass is 10.1. The van der Waals surface area contributed by atoms with Crippen molar-refractivity contribution >= 4 is 28.9 Å². The van der Waals surface area contributed by atoms with E-state index in [0.29, 0.717) is 18.2 Å². The second-order valence-corrected chi connectivity index (χ2v) is 8.10. The molecular formula is C22H22ClN5O3. The number of amides is 1. The van der Waals surface area contributed by atoms with Crippen LogP contribution >= 0.6 is 11.6 Å². The number of aryl methyl sites for hydroxylation is 1. The van der Waals surface area contributed by atoms with E-state index in [4.69, 9.17) is 11.6 Å². The van der Waals surface area contributed by atoms with Crippen LogP contribution in [0.4, 0.5) is 11.4 Å². The summed E-state index contributed by atoms with van der Waals surface area (Å²) in [4.78, 5) is 25.3. The zero-order valence-corrected chi connectivity index (χ0v) is 17.7. The van der Waals surface area contributed by atoms with Gasteiger partial charge < -0.3 is 10.2 Å². The summed E-state index contributed by atoms with van der Waals surface area (Å²) in [5.74, 6) is 0.0720. The quantitative estimate of drug-likeness (QED) is 0.463. The number of nitro groups is 1. The van der Waals surface area contributed by atoms with Crippen LogP contribution in [0, 0.1) is 23.0 Å². The molecule has 1 aromatic heterocycles. The minimum Gasteiger partial charge on any atom is -0.371 e. The van der Waals surface area contributed by atoms with Crippen molar-refractivity contribution in [1.29, 1.82) is 0 Å². The molecule has 1 saturated heterocycles. The highest BCUT2D eigenvalue weighted by Gasteiger charge is 2.24. The number of nitrogens with zero attached hydrogens (tertiary/aromatic N) is 4. The Morgan fingerprint density at radius 3 is 2.94 bits per heavy atom. The maximum absolute atomic E-state index is 12.5. The summed E-state index contributed by atoms with van der Waals surface area (Å²) in [5.41, 5.74) is 3.08. The first-order chi connectivity index (χ1) is 14.9. The van der Waals surface area contributed by atoms with E-state index in [1.807, 2.05) is 18.2 Å². The van der Waals surface area contributed by atoms with Gasteiger partial charge in [-0.3, -0.25) is 14.9 Å². The van der Waals surface area contributed by atoms with Gasteiger partial charge in [0.05, 0.1) is 10.6 Å². The second kappa shape index (κ2) is 8.77. The van der Waals surface area contributed by atoms with E-state index < -0.39 is 4.92 Å². The third-order valence-electron chi connectivity index (χ3n) is 5.48. The number of hydrogen-bond acceptors (Lipinski definition) is 5. The molecule has 2 heterocycles. The predicted molar refractivity (Wildman–Crippen MR) is 119 cm³/mol. The monoisotopic (exact) mass is 439 g/mol. The summed E-state index contributed by atoms with van der Waals surface area (Å²) in [5, 5.41) is 18.9. The van der Waals surface area contributed by atoms with E-state index >= 15 is 0 Å². The fraction of sp³-hybridized carbons (Fsp3) is 0.273. The molecular weight excluding hydrogens is 418 g/mol. The highest BCUT2D eigenvalue weighted by atomic mass is 35.5. The second-order valence-electron chi connectivity index (χ2n) is 7.66. The first kappa shape index (κ1) is 20.9. The Morgan fingerprint density at radius 1 is 1.29 bits per heavy atom. The number of nitrogens with one attached hydrogen (secondary N) is 1. The molecule has 0 saturated carbocycles. The number of aromatic nitrogens is 2. The van der Waals surface area contributed by atoms with Crippen LogP contribution in [0.3, 0.4) is 0 Å². The molecule has 3 aromatic rings. The molecule has 0 radical (unpaired) electrons. The van der Waals surface area contributed by atoms with Gasteiger partial charge in [-0.05, 0) is 49.1 Å². The SMILES string of the molecule is Cc1ccc(Cl)cc1N1CCC(CNC(=O)c2ccn(-c3cccc([N+](=O)[O-])c3)n2)C1. The Bertz CT molecular complexity index is 1130. The van der Waals surface area contributed by atoms with Gasteiger partial charge in [0.25, 0.3) is 11.6 Å². The van der Waals surface area contributed by atoms with E-state index in [1.165, 1.54) is 22.4 Å². The molecule has 31 heavy (non-hydrogen) atoms. The van der Waals surface area contributed by atoms with Gasteiger partial charge in [-0.2, -0.15) is 5.10 Å². The lowest BCUT2D eigenvalue weighted by Gasteiger charge is -2.21. The maximum Gasteiger partial charge on any atom is 0.271 e. The molecule has 1 aliphatic heterocycles. The van der Waals surface area contributed by atoms with Gasteiger partial charge in [0, 0.05) is 48.7 Å². The highest BCUT2D eigenvalue weighted by Crippen LogP contribution is 2.29. The Hall–Kier alpha value is -3.39. The minimum atomic E-state index is -0.462. The first-order valence-corrected chi connectivity index (χ1v) is 10.4. The van der Waals surface area contributed by atoms with E-state index in [1.54, 1.807) is 24.4 Å². The smallest absolute Gasteiger partial charge is 0.271 e. The number of carbonyl (C=O) groups excluding carboxylic acids is 1. The van der Waals surface area contributed by atoms with Crippen molar-refractivity contribution in [2.45, 2.75) is 13.3 Å². The van der Waals surface area contributed by atoms with Crippen LogP contribution in [0.2, 0.25) is 5.02 Å². The molecule has 160 valence electrons. The minimum absolute atomic E-state index is 0.0280. The van der Waals surface area contributed by atoms with Crippen molar-refractivity contribution in [3.8, 4) is 5.69 Å². The molecule has 0 aliphatic carbocycles. The van der Waals surface area contributed by atoms with Crippen molar-refractivity contribution in [3.05, 3.63) is 81.1 Å². The van der Waals surface area contributed by atoms with Gasteiger partial charge in [-0.1, -0.05) is 23.7 Å². The Kier molecular flexibility index (Phi) is 5.90. The third-order valence-corrected chi connectivity index (χ3v) is 5.71. The number of hydrogen-bond donors (Lipinski definition) is 1. The van der Waals surface area contributed by atoms with Crippen LogP contribution in [-0.2, 0) is 0 Å². The molecule has 8 nitrogen and oxygen atoms in total. The largest absolute Gasteiger partial charge is 0.371 e. The van der Waals surface area contributed by atoms with Crippen LogP contribution in [0.25, 0.3) is 5.69 Å². The molecule has 0 spiro atoms. The highest BCUT2D eigenvalue weighted by molar-refractivity contribution is 6.30. The average Bonchev–Trinajstić information content (AvgIpc) is 3.44. The van der Waals surface area contributed by atoms with Crippen LogP contribution < -0.4 is 10.2 Å². The Morgan fingerprint density at radius 2 is 2.13 bits per heavy atom. The molecule has 1 fully saturated rings. The fourth-order valence-electron chi connectivity index (χ4n) is 3.81. The summed E-state index contributed by atoms with van der Waals surface area (Å²) < 4.78 is 1.46. The summed E-state index contributed by atoms with van der Waals surface area (Å²) in [7, 11) is 0. The number of anilines is 1. The van der Waals surface area contributed by atoms with Gasteiger partial charge in [-0.25, -0.2) is 4.68 Å². The number of nitro benzene ring substituents is 1. The molecule has 9 heteroatoms. The summed E-state index contributed by atoms with van der Waals surface area (Å²) in [6, 6.07) is 13.6. The lowest BCUT2D eigenvalue weighted by molar-refractivity contribution is -0.384. The van der Waals surface area contributed by atoms with Crippen LogP contribution in [0.5, 0.6) is 0 Å². The number of non-ortho nitro benzene ring substituents is 1. The van der Waals surface area contributed by atoms with E-state index in [9.17, 15) is 14.9 Å². The van der Waals surface area contributed by atoms with Crippen molar-refractivity contribution in [2.75, 3.05) is 24.5 Å². The fourth-order valence-corrected chi connectivity index (χ4v) is 3.97. The summed E-state index contributed by atoms with van der Waals surface area (Å²) in [6.45, 7) is 4.39. The number of halogens is 1. The topological polar surface area (TPSA) is 93.3 Å². The average molecular weight is 440 g/mol. The van der Waals surface area contributed by atoms with Crippen molar-refractivity contribution in [1.82, 2.24) is 15.1 Å². The summed E-state index contributed by atoms with van der Waals surface area (Å²) in [6.07, 6.45) is 2.60. The molecule has 1 N–H and O–H groups in total. The zero-order chi connectivity index (χ0) is 22.0. The van der Waals surface area contributed by atoms with Crippen LogP contribution in [-0.4, -0.2) is 40.2 Å². The van der Waals surface area contributed by atoms with E-state index in [2.05, 4.69) is 22.2 Å². The summed E-state index contributed by atoms with van der Waals surface area (Å²) >= 11 is 6.15. The molecule has 1 atom stereocenters. The predicted octanol–water partition coefficient (Wildman–Crippen LogP) is 4.00. The molecule has 1 unspecified atom stereocenters.